The van der Waals surface area contributed by atoms with Crippen LogP contribution in [0.5, 0.6) is 5.75 Å². The number of thiazole rings is 1. The van der Waals surface area contributed by atoms with E-state index in [0.29, 0.717) is 0 Å². The standard InChI is InChI=1S/C19H19NOS/c1-13-4-7-15(8-5-13)11-19-20-17(12-22-19)16-10-14(2)6-9-18(16)21-3/h4-10,12H,11H2,1-3H3. The van der Waals surface area contributed by atoms with Crippen LogP contribution in [0.15, 0.2) is 47.8 Å². The van der Waals surface area contributed by atoms with Gasteiger partial charge in [-0.25, -0.2) is 4.98 Å². The van der Waals surface area contributed by atoms with Gasteiger partial charge in [-0.15, -0.1) is 11.3 Å². The first kappa shape index (κ1) is 14.8. The predicted molar refractivity (Wildman–Crippen MR) is 92.8 cm³/mol. The lowest BCUT2D eigenvalue weighted by Crippen LogP contribution is -1.91. The van der Waals surface area contributed by atoms with Gasteiger partial charge in [0.2, 0.25) is 0 Å². The quantitative estimate of drug-likeness (QED) is 0.674. The minimum atomic E-state index is 0.873. The maximum absolute atomic E-state index is 5.46. The topological polar surface area (TPSA) is 22.1 Å². The summed E-state index contributed by atoms with van der Waals surface area (Å²) in [6.07, 6.45) is 0.874. The van der Waals surface area contributed by atoms with Crippen molar-refractivity contribution in [3.8, 4) is 17.0 Å². The smallest absolute Gasteiger partial charge is 0.128 e. The first-order valence-electron chi connectivity index (χ1n) is 7.30. The predicted octanol–water partition coefficient (Wildman–Crippen LogP) is 5.03. The molecule has 0 aliphatic carbocycles. The van der Waals surface area contributed by atoms with E-state index in [2.05, 4.69) is 55.6 Å². The fourth-order valence-electron chi connectivity index (χ4n) is 2.42. The number of hydrogen-bond acceptors (Lipinski definition) is 3. The van der Waals surface area contributed by atoms with E-state index in [1.165, 1.54) is 16.7 Å². The van der Waals surface area contributed by atoms with Gasteiger partial charge in [0.05, 0.1) is 17.8 Å². The second-order valence-corrected chi connectivity index (χ2v) is 6.44. The number of nitrogens with zero attached hydrogens (tertiary/aromatic N) is 1. The van der Waals surface area contributed by atoms with Crippen LogP contribution in [0.4, 0.5) is 0 Å². The second kappa shape index (κ2) is 6.32. The Morgan fingerprint density at radius 3 is 2.45 bits per heavy atom. The van der Waals surface area contributed by atoms with Crippen molar-refractivity contribution in [1.29, 1.82) is 0 Å². The number of aryl methyl sites for hydroxylation is 2. The van der Waals surface area contributed by atoms with Crippen molar-refractivity contribution >= 4 is 11.3 Å². The normalized spacial score (nSPS) is 10.7. The Kier molecular flexibility index (Phi) is 4.25. The van der Waals surface area contributed by atoms with E-state index in [1.54, 1.807) is 18.4 Å². The van der Waals surface area contributed by atoms with Crippen molar-refractivity contribution in [2.24, 2.45) is 0 Å². The van der Waals surface area contributed by atoms with Gasteiger partial charge in [-0.05, 0) is 31.5 Å². The summed E-state index contributed by atoms with van der Waals surface area (Å²) in [6, 6.07) is 14.8. The number of rotatable bonds is 4. The third kappa shape index (κ3) is 3.20. The van der Waals surface area contributed by atoms with E-state index in [-0.39, 0.29) is 0 Å². The molecule has 112 valence electrons. The molecule has 1 aromatic heterocycles. The molecule has 0 radical (unpaired) electrons. The Balaban J connectivity index is 1.87. The molecule has 22 heavy (non-hydrogen) atoms. The van der Waals surface area contributed by atoms with Gasteiger partial charge in [-0.3, -0.25) is 0 Å². The van der Waals surface area contributed by atoms with Crippen molar-refractivity contribution < 1.29 is 4.74 Å². The summed E-state index contributed by atoms with van der Waals surface area (Å²) < 4.78 is 5.46. The highest BCUT2D eigenvalue weighted by atomic mass is 32.1. The molecule has 3 heteroatoms. The van der Waals surface area contributed by atoms with E-state index in [4.69, 9.17) is 9.72 Å². The van der Waals surface area contributed by atoms with Crippen LogP contribution >= 0.6 is 11.3 Å². The summed E-state index contributed by atoms with van der Waals surface area (Å²) in [7, 11) is 1.70. The molecule has 0 aliphatic rings. The van der Waals surface area contributed by atoms with Crippen LogP contribution in [0.1, 0.15) is 21.7 Å². The Morgan fingerprint density at radius 2 is 1.73 bits per heavy atom. The molecule has 0 bridgehead atoms. The molecule has 0 saturated heterocycles. The molecule has 0 aliphatic heterocycles. The number of benzene rings is 2. The molecule has 0 N–H and O–H groups in total. The summed E-state index contributed by atoms with van der Waals surface area (Å²) in [6.45, 7) is 4.19. The van der Waals surface area contributed by atoms with Gasteiger partial charge < -0.3 is 4.74 Å². The lowest BCUT2D eigenvalue weighted by Gasteiger charge is -2.07. The van der Waals surface area contributed by atoms with Crippen LogP contribution in [-0.2, 0) is 6.42 Å². The molecule has 0 spiro atoms. The molecule has 1 heterocycles. The molecule has 0 fully saturated rings. The van der Waals surface area contributed by atoms with Gasteiger partial charge in [-0.1, -0.05) is 41.5 Å². The van der Waals surface area contributed by atoms with E-state index >= 15 is 0 Å². The van der Waals surface area contributed by atoms with Crippen molar-refractivity contribution in [1.82, 2.24) is 4.98 Å². The minimum Gasteiger partial charge on any atom is -0.496 e. The minimum absolute atomic E-state index is 0.873. The third-order valence-corrected chi connectivity index (χ3v) is 4.51. The number of methoxy groups -OCH3 is 1. The summed E-state index contributed by atoms with van der Waals surface area (Å²) in [5, 5.41) is 3.24. The average Bonchev–Trinajstić information content (AvgIpc) is 2.98. The summed E-state index contributed by atoms with van der Waals surface area (Å²) >= 11 is 1.70. The first-order valence-corrected chi connectivity index (χ1v) is 8.18. The van der Waals surface area contributed by atoms with Crippen LogP contribution in [0.25, 0.3) is 11.3 Å². The SMILES string of the molecule is COc1ccc(C)cc1-c1csc(Cc2ccc(C)cc2)n1. The van der Waals surface area contributed by atoms with Gasteiger partial charge >= 0.3 is 0 Å². The van der Waals surface area contributed by atoms with E-state index < -0.39 is 0 Å². The summed E-state index contributed by atoms with van der Waals surface area (Å²) in [4.78, 5) is 4.79. The molecule has 0 unspecified atom stereocenters. The maximum atomic E-state index is 5.46. The van der Waals surface area contributed by atoms with Gasteiger partial charge in [0, 0.05) is 17.4 Å². The zero-order valence-corrected chi connectivity index (χ0v) is 13.9. The molecule has 0 saturated carbocycles. The van der Waals surface area contributed by atoms with Crippen LogP contribution in [0.3, 0.4) is 0 Å². The molecule has 0 atom stereocenters. The van der Waals surface area contributed by atoms with Gasteiger partial charge in [0.1, 0.15) is 5.75 Å². The highest BCUT2D eigenvalue weighted by molar-refractivity contribution is 7.10. The first-order chi connectivity index (χ1) is 10.7. The zero-order valence-electron chi connectivity index (χ0n) is 13.1. The monoisotopic (exact) mass is 309 g/mol. The van der Waals surface area contributed by atoms with Crippen molar-refractivity contribution in [2.75, 3.05) is 7.11 Å². The molecule has 2 aromatic carbocycles. The molecular formula is C19H19NOS. The lowest BCUT2D eigenvalue weighted by atomic mass is 10.1. The van der Waals surface area contributed by atoms with Crippen LogP contribution in [0.2, 0.25) is 0 Å². The molecule has 2 nitrogen and oxygen atoms in total. The Hall–Kier alpha value is -2.13. The summed E-state index contributed by atoms with van der Waals surface area (Å²) in [5.74, 6) is 0.873. The van der Waals surface area contributed by atoms with E-state index in [1.807, 2.05) is 6.07 Å². The van der Waals surface area contributed by atoms with Gasteiger partial charge in [0.25, 0.3) is 0 Å². The second-order valence-electron chi connectivity index (χ2n) is 5.49. The third-order valence-electron chi connectivity index (χ3n) is 3.66. The van der Waals surface area contributed by atoms with Crippen LogP contribution < -0.4 is 4.74 Å². The number of hydrogen-bond donors (Lipinski definition) is 0. The van der Waals surface area contributed by atoms with Gasteiger partial charge in [0.15, 0.2) is 0 Å². The number of ether oxygens (including phenoxy) is 1. The highest BCUT2D eigenvalue weighted by Gasteiger charge is 2.10. The van der Waals surface area contributed by atoms with Crippen LogP contribution in [-0.4, -0.2) is 12.1 Å². The Labute approximate surface area is 135 Å². The van der Waals surface area contributed by atoms with Gasteiger partial charge in [-0.2, -0.15) is 0 Å². The molecule has 3 rings (SSSR count). The largest absolute Gasteiger partial charge is 0.496 e. The van der Waals surface area contributed by atoms with E-state index in [0.717, 1.165) is 28.4 Å². The fraction of sp³-hybridized carbons (Fsp3) is 0.211. The lowest BCUT2D eigenvalue weighted by molar-refractivity contribution is 0.416. The van der Waals surface area contributed by atoms with Crippen molar-refractivity contribution in [2.45, 2.75) is 20.3 Å². The molecule has 3 aromatic rings. The maximum Gasteiger partial charge on any atom is 0.128 e. The average molecular weight is 309 g/mol. The molecule has 0 amide bonds. The van der Waals surface area contributed by atoms with Crippen LogP contribution in [0, 0.1) is 13.8 Å². The zero-order chi connectivity index (χ0) is 15.5. The summed E-state index contributed by atoms with van der Waals surface area (Å²) in [5.41, 5.74) is 5.85. The molecular weight excluding hydrogens is 290 g/mol. The highest BCUT2D eigenvalue weighted by Crippen LogP contribution is 2.32. The fourth-order valence-corrected chi connectivity index (χ4v) is 3.25. The van der Waals surface area contributed by atoms with Crippen molar-refractivity contribution in [3.05, 3.63) is 69.5 Å². The Bertz CT molecular complexity index is 774. The van der Waals surface area contributed by atoms with Crippen molar-refractivity contribution in [3.63, 3.8) is 0 Å². The number of aromatic nitrogens is 1. The Morgan fingerprint density at radius 1 is 1.00 bits per heavy atom. The van der Waals surface area contributed by atoms with E-state index in [9.17, 15) is 0 Å².